The van der Waals surface area contributed by atoms with Crippen LogP contribution in [0.5, 0.6) is 23.0 Å². The summed E-state index contributed by atoms with van der Waals surface area (Å²) >= 11 is 0. The van der Waals surface area contributed by atoms with E-state index in [1.165, 1.54) is 42.1 Å². The topological polar surface area (TPSA) is 160 Å². The summed E-state index contributed by atoms with van der Waals surface area (Å²) < 4.78 is 64.7. The van der Waals surface area contributed by atoms with Crippen molar-refractivity contribution in [1.29, 1.82) is 0 Å². The smallest absolute Gasteiger partial charge is 0.494 e. The fraction of sp³-hybridized carbons (Fsp3) is 0.394. The highest BCUT2D eigenvalue weighted by Crippen LogP contribution is 2.51. The number of ether oxygens (including phenoxy) is 4. The number of rotatable bonds is 9. The average molecular weight is 666 g/mol. The Morgan fingerprint density at radius 3 is 2.58 bits per heavy atom. The second kappa shape index (κ2) is 10.2. The van der Waals surface area contributed by atoms with Crippen LogP contribution in [0.4, 0.5) is 13.2 Å². The quantitative estimate of drug-likeness (QED) is 0.240. The number of carbonyl (C=O) groups excluding carboxylic acids is 2. The van der Waals surface area contributed by atoms with E-state index in [1.54, 1.807) is 13.0 Å². The van der Waals surface area contributed by atoms with Crippen LogP contribution >= 0.6 is 0 Å². The van der Waals surface area contributed by atoms with Crippen LogP contribution in [-0.4, -0.2) is 58.2 Å². The molecule has 0 saturated heterocycles. The van der Waals surface area contributed by atoms with Crippen molar-refractivity contribution < 1.29 is 46.8 Å². The maximum Gasteiger partial charge on any atom is 0.586 e. The van der Waals surface area contributed by atoms with Gasteiger partial charge in [-0.2, -0.15) is 9.49 Å². The molecule has 48 heavy (non-hydrogen) atoms. The van der Waals surface area contributed by atoms with Crippen LogP contribution in [0.25, 0.3) is 22.2 Å². The van der Waals surface area contributed by atoms with Gasteiger partial charge >= 0.3 is 6.29 Å². The van der Waals surface area contributed by atoms with Gasteiger partial charge in [0.25, 0.3) is 5.91 Å². The number of nitrogens with zero attached hydrogens (tertiary/aromatic N) is 3. The lowest BCUT2D eigenvalue weighted by Gasteiger charge is -2.30. The van der Waals surface area contributed by atoms with Crippen LogP contribution in [0.2, 0.25) is 0 Å². The summed E-state index contributed by atoms with van der Waals surface area (Å²) in [5, 5.41) is 19.5. The van der Waals surface area contributed by atoms with Gasteiger partial charge in [-0.1, -0.05) is 0 Å². The average Bonchev–Trinajstić information content (AvgIpc) is 3.99. The van der Waals surface area contributed by atoms with E-state index in [2.05, 4.69) is 19.9 Å². The van der Waals surface area contributed by atoms with Gasteiger partial charge in [-0.15, -0.1) is 8.78 Å². The summed E-state index contributed by atoms with van der Waals surface area (Å²) in [5.41, 5.74) is 4.07. The van der Waals surface area contributed by atoms with Gasteiger partial charge in [-0.3, -0.25) is 9.59 Å². The number of fused-ring (bicyclic) bond motifs is 3. The zero-order chi connectivity index (χ0) is 33.7. The first-order chi connectivity index (χ1) is 22.8. The normalized spacial score (nSPS) is 21.8. The van der Waals surface area contributed by atoms with Gasteiger partial charge in [0.05, 0.1) is 30.8 Å². The van der Waals surface area contributed by atoms with Gasteiger partial charge in [-0.25, -0.2) is 9.67 Å². The molecule has 1 unspecified atom stereocenters. The van der Waals surface area contributed by atoms with Crippen LogP contribution in [0.15, 0.2) is 36.4 Å². The highest BCUT2D eigenvalue weighted by Gasteiger charge is 2.50. The summed E-state index contributed by atoms with van der Waals surface area (Å²) in [4.78, 5) is 31.0. The molecule has 2 aliphatic carbocycles. The van der Waals surface area contributed by atoms with Gasteiger partial charge in [0.1, 0.15) is 40.3 Å². The first-order valence-corrected chi connectivity index (χ1v) is 15.5. The lowest BCUT2D eigenvalue weighted by Crippen LogP contribution is -2.44. The number of benzene rings is 2. The van der Waals surface area contributed by atoms with Gasteiger partial charge < -0.3 is 35.1 Å². The van der Waals surface area contributed by atoms with Gasteiger partial charge in [0, 0.05) is 16.7 Å². The predicted octanol–water partition coefficient (Wildman–Crippen LogP) is 4.07. The van der Waals surface area contributed by atoms with E-state index in [0.29, 0.717) is 29.5 Å². The molecule has 2 aliphatic heterocycles. The maximum absolute atomic E-state index is 15.3. The van der Waals surface area contributed by atoms with Gasteiger partial charge in [0.2, 0.25) is 11.9 Å². The SMILES string of the molecule is COc1cc(C(=O)NCC(O)(c2cc3c(c(-c4ccc5c(c4)OC(F)(F)O5)n2)OC[C@]3(C)C(N)=O)C2CC2)cc2c(F)n(C3CC3)nc12. The highest BCUT2D eigenvalue weighted by atomic mass is 19.3. The van der Waals surface area contributed by atoms with Crippen molar-refractivity contribution in [3.05, 3.63) is 59.2 Å². The minimum atomic E-state index is -3.85. The monoisotopic (exact) mass is 665 g/mol. The Kier molecular flexibility index (Phi) is 6.45. The fourth-order valence-electron chi connectivity index (χ4n) is 6.41. The van der Waals surface area contributed by atoms with E-state index >= 15 is 4.39 Å². The second-order valence-corrected chi connectivity index (χ2v) is 13.0. The predicted molar refractivity (Wildman–Crippen MR) is 161 cm³/mol. The third-order valence-electron chi connectivity index (χ3n) is 9.59. The first-order valence-electron chi connectivity index (χ1n) is 15.5. The molecule has 4 N–H and O–H groups in total. The molecule has 4 aromatic rings. The molecule has 15 heteroatoms. The molecular weight excluding hydrogens is 635 g/mol. The lowest BCUT2D eigenvalue weighted by molar-refractivity contribution is -0.286. The van der Waals surface area contributed by atoms with E-state index in [4.69, 9.17) is 20.2 Å². The van der Waals surface area contributed by atoms with Crippen molar-refractivity contribution in [2.45, 2.75) is 56.0 Å². The van der Waals surface area contributed by atoms with E-state index < -0.39 is 35.1 Å². The minimum absolute atomic E-state index is 0.0296. The molecular formula is C33H30F3N5O7. The number of methoxy groups -OCH3 is 1. The Bertz CT molecular complexity index is 2050. The van der Waals surface area contributed by atoms with Crippen molar-refractivity contribution in [3.63, 3.8) is 0 Å². The molecule has 0 radical (unpaired) electrons. The summed E-state index contributed by atoms with van der Waals surface area (Å²) in [6.07, 6.45) is -0.979. The first kappa shape index (κ1) is 30.3. The number of nitrogens with two attached hydrogens (primary N) is 1. The lowest BCUT2D eigenvalue weighted by atomic mass is 9.81. The highest BCUT2D eigenvalue weighted by molar-refractivity contribution is 6.00. The minimum Gasteiger partial charge on any atom is -0.494 e. The molecule has 2 saturated carbocycles. The van der Waals surface area contributed by atoms with E-state index in [9.17, 15) is 23.5 Å². The number of pyridine rings is 1. The maximum atomic E-state index is 15.3. The van der Waals surface area contributed by atoms with Crippen molar-refractivity contribution in [3.8, 4) is 34.3 Å². The Morgan fingerprint density at radius 1 is 1.15 bits per heavy atom. The zero-order valence-electron chi connectivity index (χ0n) is 25.8. The van der Waals surface area contributed by atoms with Crippen LogP contribution in [-0.2, 0) is 15.8 Å². The number of hydrogen-bond donors (Lipinski definition) is 3. The Morgan fingerprint density at radius 2 is 1.90 bits per heavy atom. The van der Waals surface area contributed by atoms with Crippen molar-refractivity contribution in [1.82, 2.24) is 20.1 Å². The number of amides is 2. The number of aromatic nitrogens is 3. The van der Waals surface area contributed by atoms with Crippen LogP contribution in [0.3, 0.4) is 0 Å². The van der Waals surface area contributed by atoms with Crippen LogP contribution in [0, 0.1) is 11.9 Å². The van der Waals surface area contributed by atoms with Gasteiger partial charge in [-0.05, 0) is 74.9 Å². The zero-order valence-corrected chi connectivity index (χ0v) is 25.8. The molecule has 0 spiro atoms. The third kappa shape index (κ3) is 4.70. The number of nitrogens with one attached hydrogen (secondary N) is 1. The number of hydrogen-bond acceptors (Lipinski definition) is 9. The molecule has 4 heterocycles. The molecule has 2 amide bonds. The summed E-state index contributed by atoms with van der Waals surface area (Å²) in [6.45, 7) is 1.18. The Hall–Kier alpha value is -5.05. The molecule has 0 bridgehead atoms. The number of halogens is 3. The third-order valence-corrected chi connectivity index (χ3v) is 9.59. The van der Waals surface area contributed by atoms with Crippen molar-refractivity contribution >= 4 is 22.7 Å². The number of aliphatic hydroxyl groups is 1. The molecule has 2 atom stereocenters. The van der Waals surface area contributed by atoms with Crippen molar-refractivity contribution in [2.75, 3.05) is 20.3 Å². The van der Waals surface area contributed by atoms with E-state index in [0.717, 1.165) is 12.8 Å². The van der Waals surface area contributed by atoms with Crippen molar-refractivity contribution in [2.24, 2.45) is 11.7 Å². The molecule has 250 valence electrons. The van der Waals surface area contributed by atoms with Crippen LogP contribution < -0.4 is 30.0 Å². The summed E-state index contributed by atoms with van der Waals surface area (Å²) in [7, 11) is 1.41. The Balaban J connectivity index is 1.17. The Labute approximate surface area is 270 Å². The number of alkyl halides is 2. The molecule has 8 rings (SSSR count). The van der Waals surface area contributed by atoms with Crippen LogP contribution in [0.1, 0.15) is 60.3 Å². The largest absolute Gasteiger partial charge is 0.586 e. The second-order valence-electron chi connectivity index (χ2n) is 13.0. The molecule has 4 aliphatic rings. The standard InChI is InChI=1S/C33H30F3N5O7/c1-31(30(37)43)14-46-27-20(31)12-24(39-25(27)15-3-8-21-22(10-15)48-33(35,36)47-21)32(44,17-4-5-17)13-38-29(42)16-9-19-26(23(11-16)45-2)40-41(28(19)34)18-6-7-18/h3,8-12,17-18,44H,4-7,13-14H2,1-2H3,(H2,37,43)(H,38,42)/t31-,32?/m0/s1. The number of carbonyl (C=O) groups is 2. The van der Waals surface area contributed by atoms with Gasteiger partial charge in [0.15, 0.2) is 11.5 Å². The molecule has 12 nitrogen and oxygen atoms in total. The molecule has 2 fully saturated rings. The fourth-order valence-corrected chi connectivity index (χ4v) is 6.41. The number of primary amides is 1. The summed E-state index contributed by atoms with van der Waals surface area (Å²) in [5.74, 6) is -2.14. The molecule has 2 aromatic heterocycles. The molecule has 2 aromatic carbocycles. The summed E-state index contributed by atoms with van der Waals surface area (Å²) in [6, 6.07) is 8.45. The van der Waals surface area contributed by atoms with E-state index in [1.807, 2.05) is 0 Å². The van der Waals surface area contributed by atoms with E-state index in [-0.39, 0.29) is 70.4 Å².